The van der Waals surface area contributed by atoms with E-state index in [2.05, 4.69) is 13.2 Å². The van der Waals surface area contributed by atoms with Gasteiger partial charge in [-0.05, 0) is 118 Å². The van der Waals surface area contributed by atoms with E-state index >= 15 is 0 Å². The molecule has 0 heterocycles. The molecule has 0 saturated carbocycles. The van der Waals surface area contributed by atoms with E-state index in [0.29, 0.717) is 109 Å². The van der Waals surface area contributed by atoms with Gasteiger partial charge in [0.05, 0.1) is 37.6 Å². The molecule has 0 saturated heterocycles. The van der Waals surface area contributed by atoms with Crippen molar-refractivity contribution in [3.63, 3.8) is 0 Å². The molecule has 0 spiro atoms. The van der Waals surface area contributed by atoms with Gasteiger partial charge in [-0.15, -0.1) is 0 Å². The van der Waals surface area contributed by atoms with E-state index in [0.717, 1.165) is 12.2 Å². The van der Waals surface area contributed by atoms with Crippen molar-refractivity contribution in [1.82, 2.24) is 0 Å². The van der Waals surface area contributed by atoms with Crippen molar-refractivity contribution in [2.75, 3.05) is 26.4 Å². The van der Waals surface area contributed by atoms with Crippen molar-refractivity contribution in [3.05, 3.63) is 114 Å². The zero-order chi connectivity index (χ0) is 34.9. The average Bonchev–Trinajstić information content (AvgIpc) is 3.34. The van der Waals surface area contributed by atoms with Crippen LogP contribution in [0.25, 0.3) is 0 Å². The number of benzene rings is 2. The van der Waals surface area contributed by atoms with E-state index < -0.39 is 23.9 Å². The summed E-state index contributed by atoms with van der Waals surface area (Å²) in [5, 5.41) is 0. The number of unbranched alkanes of at least 4 members (excludes halogenated alkanes) is 2. The Kier molecular flexibility index (Phi) is 14.9. The molecule has 0 unspecified atom stereocenters. The second-order valence-corrected chi connectivity index (χ2v) is 10.8. The van der Waals surface area contributed by atoms with Crippen molar-refractivity contribution in [2.24, 2.45) is 0 Å². The summed E-state index contributed by atoms with van der Waals surface area (Å²) in [6.07, 6.45) is 12.4. The van der Waals surface area contributed by atoms with Crippen LogP contribution in [0.3, 0.4) is 0 Å². The zero-order valence-electron chi connectivity index (χ0n) is 27.7. The average molecular weight is 659 g/mol. The Morgan fingerprint density at radius 2 is 1.31 bits per heavy atom. The fraction of sp³-hybridized carbons (Fsp3) is 0.316. The quantitative estimate of drug-likeness (QED) is 0.0722. The van der Waals surface area contributed by atoms with E-state index in [4.69, 9.17) is 28.4 Å². The van der Waals surface area contributed by atoms with Crippen LogP contribution in [0.2, 0.25) is 0 Å². The molecule has 254 valence electrons. The van der Waals surface area contributed by atoms with Crippen molar-refractivity contribution in [3.8, 4) is 17.2 Å². The molecule has 0 bridgehead atoms. The monoisotopic (exact) mass is 658 g/mol. The second kappa shape index (κ2) is 19.3. The lowest BCUT2D eigenvalue weighted by Crippen LogP contribution is -2.14. The standard InChI is InChI=1S/C38H42O10/c1-6-34(39)45-23-10-8-21-43-31-14-12-13-29(15-18-31)38(42)48-36-26(3)25-33(27(4)28(36)5)47-37(41)30-16-19-32(20-17-30)44-22-9-11-24-46-35(40)7-2/h6-7,13-20,25H,1-2,8-12,21-24H2,3-5H3. The zero-order valence-corrected chi connectivity index (χ0v) is 27.7. The summed E-state index contributed by atoms with van der Waals surface area (Å²) in [6.45, 7) is 13.6. The van der Waals surface area contributed by atoms with Crippen LogP contribution in [0.5, 0.6) is 17.2 Å². The number of carbonyl (C=O) groups excluding carboxylic acids is 4. The minimum atomic E-state index is -0.535. The lowest BCUT2D eigenvalue weighted by atomic mass is 10.0. The van der Waals surface area contributed by atoms with Crippen LogP contribution in [0, 0.1) is 20.8 Å². The van der Waals surface area contributed by atoms with E-state index in [1.165, 1.54) is 0 Å². The first-order valence-corrected chi connectivity index (χ1v) is 15.7. The van der Waals surface area contributed by atoms with Crippen molar-refractivity contribution in [2.45, 2.75) is 52.9 Å². The predicted octanol–water partition coefficient (Wildman–Crippen LogP) is 6.92. The van der Waals surface area contributed by atoms with Crippen LogP contribution in [-0.2, 0) is 28.6 Å². The summed E-state index contributed by atoms with van der Waals surface area (Å²) in [7, 11) is 0. The number of ether oxygens (including phenoxy) is 6. The Labute approximate surface area is 281 Å². The van der Waals surface area contributed by atoms with Gasteiger partial charge in [0.2, 0.25) is 0 Å². The van der Waals surface area contributed by atoms with Gasteiger partial charge < -0.3 is 28.4 Å². The largest absolute Gasteiger partial charge is 0.494 e. The molecule has 0 aliphatic heterocycles. The summed E-state index contributed by atoms with van der Waals surface area (Å²) in [4.78, 5) is 48.2. The van der Waals surface area contributed by atoms with E-state index in [-0.39, 0.29) is 0 Å². The van der Waals surface area contributed by atoms with Crippen LogP contribution < -0.4 is 14.2 Å². The van der Waals surface area contributed by atoms with Crippen LogP contribution >= 0.6 is 0 Å². The molecule has 1 aliphatic rings. The molecule has 2 aromatic carbocycles. The van der Waals surface area contributed by atoms with Crippen LogP contribution in [0.1, 0.15) is 59.2 Å². The molecule has 2 aromatic rings. The lowest BCUT2D eigenvalue weighted by Gasteiger charge is -2.16. The first-order valence-electron chi connectivity index (χ1n) is 15.7. The van der Waals surface area contributed by atoms with Gasteiger partial charge in [0.25, 0.3) is 0 Å². The van der Waals surface area contributed by atoms with Gasteiger partial charge in [-0.1, -0.05) is 19.2 Å². The Bertz CT molecular complexity index is 1580. The molecule has 0 radical (unpaired) electrons. The normalized spacial score (nSPS) is 12.1. The molecule has 3 rings (SSSR count). The van der Waals surface area contributed by atoms with Gasteiger partial charge in [-0.3, -0.25) is 0 Å². The first kappa shape index (κ1) is 37.1. The molecule has 0 aromatic heterocycles. The summed E-state index contributed by atoms with van der Waals surface area (Å²) < 4.78 is 32.9. The maximum Gasteiger partial charge on any atom is 0.343 e. The maximum atomic E-state index is 13.1. The van der Waals surface area contributed by atoms with Gasteiger partial charge in [0.15, 0.2) is 0 Å². The lowest BCUT2D eigenvalue weighted by molar-refractivity contribution is -0.138. The number of aryl methyl sites for hydroxylation is 1. The molecule has 0 amide bonds. The second-order valence-electron chi connectivity index (χ2n) is 10.8. The highest BCUT2D eigenvalue weighted by Gasteiger charge is 2.20. The van der Waals surface area contributed by atoms with Crippen molar-refractivity contribution in [1.29, 1.82) is 0 Å². The number of esters is 4. The minimum absolute atomic E-state index is 0.298. The SMILES string of the molecule is C=CC(=O)OCCCCOC1=CCC=C(C(=O)Oc2c(C)cc(OC(=O)c3ccc(OCCCCOC(=O)C=C)cc3)c(C)c2C)C=C1. The van der Waals surface area contributed by atoms with Gasteiger partial charge in [-0.2, -0.15) is 0 Å². The number of hydrogen-bond donors (Lipinski definition) is 0. The summed E-state index contributed by atoms with van der Waals surface area (Å²) in [5.74, 6) is 0.0543. The molecular formula is C38H42O10. The third kappa shape index (κ3) is 11.8. The van der Waals surface area contributed by atoms with Gasteiger partial charge in [0, 0.05) is 12.2 Å². The molecule has 10 heteroatoms. The molecule has 0 atom stereocenters. The molecule has 0 N–H and O–H groups in total. The summed E-state index contributed by atoms with van der Waals surface area (Å²) in [6, 6.07) is 8.30. The molecule has 0 fully saturated rings. The van der Waals surface area contributed by atoms with Crippen molar-refractivity contribution >= 4 is 23.9 Å². The minimum Gasteiger partial charge on any atom is -0.494 e. The Balaban J connectivity index is 1.50. The smallest absolute Gasteiger partial charge is 0.343 e. The third-order valence-corrected chi connectivity index (χ3v) is 7.22. The fourth-order valence-electron chi connectivity index (χ4n) is 4.40. The van der Waals surface area contributed by atoms with E-state index in [1.54, 1.807) is 69.3 Å². The number of allylic oxidation sites excluding steroid dienone is 3. The topological polar surface area (TPSA) is 124 Å². The molecular weight excluding hydrogens is 616 g/mol. The maximum absolute atomic E-state index is 13.1. The Morgan fingerprint density at radius 1 is 0.708 bits per heavy atom. The van der Waals surface area contributed by atoms with Crippen LogP contribution in [0.4, 0.5) is 0 Å². The van der Waals surface area contributed by atoms with E-state index in [9.17, 15) is 19.2 Å². The van der Waals surface area contributed by atoms with E-state index in [1.807, 2.05) is 6.08 Å². The Hall–Kier alpha value is -5.38. The third-order valence-electron chi connectivity index (χ3n) is 7.22. The van der Waals surface area contributed by atoms with Gasteiger partial charge in [0.1, 0.15) is 23.0 Å². The van der Waals surface area contributed by atoms with Gasteiger partial charge >= 0.3 is 23.9 Å². The molecule has 48 heavy (non-hydrogen) atoms. The number of hydrogen-bond acceptors (Lipinski definition) is 10. The first-order chi connectivity index (χ1) is 23.1. The van der Waals surface area contributed by atoms with Crippen LogP contribution in [0.15, 0.2) is 91.3 Å². The number of rotatable bonds is 18. The summed E-state index contributed by atoms with van der Waals surface area (Å²) >= 11 is 0. The highest BCUT2D eigenvalue weighted by molar-refractivity contribution is 5.94. The summed E-state index contributed by atoms with van der Waals surface area (Å²) in [5.41, 5.74) is 2.71. The molecule has 10 nitrogen and oxygen atoms in total. The fourth-order valence-corrected chi connectivity index (χ4v) is 4.40. The predicted molar refractivity (Wildman–Crippen MR) is 180 cm³/mol. The van der Waals surface area contributed by atoms with Crippen LogP contribution in [-0.4, -0.2) is 50.3 Å². The highest BCUT2D eigenvalue weighted by Crippen LogP contribution is 2.34. The number of carbonyl (C=O) groups is 4. The van der Waals surface area contributed by atoms with Gasteiger partial charge in [-0.25, -0.2) is 19.2 Å². The molecule has 1 aliphatic carbocycles. The Morgan fingerprint density at radius 3 is 1.94 bits per heavy atom. The highest BCUT2D eigenvalue weighted by atomic mass is 16.5. The van der Waals surface area contributed by atoms with Crippen molar-refractivity contribution < 1.29 is 47.6 Å².